The molecule has 1 aliphatic carbocycles. The molecule has 3 saturated heterocycles. The molecule has 0 amide bonds. The minimum absolute atomic E-state index is 0.132. The van der Waals surface area contributed by atoms with Gasteiger partial charge in [-0.05, 0) is 19.0 Å². The lowest BCUT2D eigenvalue weighted by Crippen LogP contribution is -2.74. The van der Waals surface area contributed by atoms with Crippen molar-refractivity contribution in [1.29, 1.82) is 0 Å². The average molecular weight is 546 g/mol. The molecule has 4 bridgehead atoms. The number of hydrogen-bond donors (Lipinski definition) is 0. The van der Waals surface area contributed by atoms with E-state index >= 15 is 0 Å². The first-order valence-corrected chi connectivity index (χ1v) is 17.2. The van der Waals surface area contributed by atoms with Crippen molar-refractivity contribution in [2.45, 2.75) is 192 Å². The zero-order chi connectivity index (χ0) is 27.3. The standard InChI is InChI=1S/C30H57B3O6/c1-4-7-10-13-16-19-22-31-34-25-26-27(36-31)29-30(39-33(38-29)24-21-18-15-12-9-6-3)28(25)37-32(35-26)23-20-17-14-11-8-5-2/h25-30H,4-24H2,1-3H3/t25-,26-,27-,28-,29-,30+/m0/s1. The van der Waals surface area contributed by atoms with Gasteiger partial charge in [0, 0.05) is 0 Å². The molecule has 0 atom stereocenters. The topological polar surface area (TPSA) is 55.4 Å². The quantitative estimate of drug-likeness (QED) is 0.108. The van der Waals surface area contributed by atoms with E-state index in [1.54, 1.807) is 0 Å². The molecule has 0 N–H and O–H groups in total. The SMILES string of the molecule is CCCCCCCCB1O[C@H]2[C@@H]3OB(CCCCCCCC)O[C@@H]2[C@H]2OB(CCCCCCCC)O[C@H]2[C@H]3O1. The van der Waals surface area contributed by atoms with Gasteiger partial charge in [-0.15, -0.1) is 0 Å². The Balaban J connectivity index is 1.30. The molecule has 39 heavy (non-hydrogen) atoms. The lowest BCUT2D eigenvalue weighted by molar-refractivity contribution is -0.230. The van der Waals surface area contributed by atoms with Crippen molar-refractivity contribution in [1.82, 2.24) is 0 Å². The number of rotatable bonds is 21. The van der Waals surface area contributed by atoms with Gasteiger partial charge in [0.2, 0.25) is 0 Å². The second-order valence-corrected chi connectivity index (χ2v) is 12.6. The van der Waals surface area contributed by atoms with Gasteiger partial charge in [0.05, 0.1) is 36.6 Å². The van der Waals surface area contributed by atoms with E-state index in [0.29, 0.717) is 0 Å². The van der Waals surface area contributed by atoms with Crippen molar-refractivity contribution in [3.05, 3.63) is 0 Å². The van der Waals surface area contributed by atoms with Gasteiger partial charge in [-0.25, -0.2) is 0 Å². The highest BCUT2D eigenvalue weighted by Gasteiger charge is 2.65. The van der Waals surface area contributed by atoms with Crippen LogP contribution < -0.4 is 0 Å². The summed E-state index contributed by atoms with van der Waals surface area (Å²) in [5.74, 6) is 0. The molecule has 1 saturated carbocycles. The van der Waals surface area contributed by atoms with Gasteiger partial charge >= 0.3 is 21.4 Å². The Kier molecular flexibility index (Phi) is 14.6. The van der Waals surface area contributed by atoms with Crippen molar-refractivity contribution in [3.8, 4) is 0 Å². The van der Waals surface area contributed by atoms with E-state index in [1.165, 1.54) is 96.3 Å². The fourth-order valence-electron chi connectivity index (χ4n) is 6.88. The number of fused-ring (bicyclic) bond motifs is 3. The lowest BCUT2D eigenvalue weighted by atomic mass is 9.70. The highest BCUT2D eigenvalue weighted by molar-refractivity contribution is 6.47. The molecule has 6 nitrogen and oxygen atoms in total. The van der Waals surface area contributed by atoms with E-state index in [1.807, 2.05) is 0 Å². The fraction of sp³-hybridized carbons (Fsp3) is 1.00. The first-order valence-electron chi connectivity index (χ1n) is 17.2. The van der Waals surface area contributed by atoms with Gasteiger partial charge in [-0.3, -0.25) is 0 Å². The van der Waals surface area contributed by atoms with Crippen LogP contribution in [0.1, 0.15) is 136 Å². The Labute approximate surface area is 241 Å². The first kappa shape index (κ1) is 31.9. The zero-order valence-electron chi connectivity index (χ0n) is 25.5. The first-order chi connectivity index (χ1) is 19.2. The van der Waals surface area contributed by atoms with Crippen molar-refractivity contribution >= 4 is 21.4 Å². The molecule has 0 spiro atoms. The molecule has 4 fully saturated rings. The summed E-state index contributed by atoms with van der Waals surface area (Å²) in [6, 6.07) is 0. The third kappa shape index (κ3) is 9.48. The third-order valence-electron chi connectivity index (χ3n) is 9.18. The summed E-state index contributed by atoms with van der Waals surface area (Å²) in [5, 5.41) is 0. The molecule has 222 valence electrons. The minimum Gasteiger partial charge on any atom is -0.403 e. The Morgan fingerprint density at radius 3 is 0.744 bits per heavy atom. The normalized spacial score (nSPS) is 29.8. The Morgan fingerprint density at radius 1 is 0.308 bits per heavy atom. The van der Waals surface area contributed by atoms with Crippen LogP contribution in [-0.4, -0.2) is 58.0 Å². The average Bonchev–Trinajstić information content (AvgIpc) is 3.36. The van der Waals surface area contributed by atoms with Gasteiger partial charge in [-0.1, -0.05) is 136 Å². The summed E-state index contributed by atoms with van der Waals surface area (Å²) in [4.78, 5) is 0. The van der Waals surface area contributed by atoms with Crippen LogP contribution in [-0.2, 0) is 27.9 Å². The molecule has 0 aromatic heterocycles. The molecule has 3 heterocycles. The Morgan fingerprint density at radius 2 is 0.513 bits per heavy atom. The van der Waals surface area contributed by atoms with Crippen LogP contribution in [0.2, 0.25) is 19.0 Å². The van der Waals surface area contributed by atoms with Crippen molar-refractivity contribution in [2.24, 2.45) is 0 Å². The largest absolute Gasteiger partial charge is 0.457 e. The van der Waals surface area contributed by atoms with Crippen LogP contribution >= 0.6 is 0 Å². The molecule has 0 aromatic carbocycles. The predicted octanol–water partition coefficient (Wildman–Crippen LogP) is 7.90. The van der Waals surface area contributed by atoms with Crippen molar-refractivity contribution in [3.63, 3.8) is 0 Å². The van der Waals surface area contributed by atoms with E-state index in [-0.39, 0.29) is 58.0 Å². The van der Waals surface area contributed by atoms with E-state index in [4.69, 9.17) is 27.9 Å². The molecule has 4 aliphatic rings. The summed E-state index contributed by atoms with van der Waals surface area (Å²) in [6.07, 6.45) is 24.9. The molecular weight excluding hydrogens is 489 g/mol. The van der Waals surface area contributed by atoms with E-state index in [2.05, 4.69) is 20.8 Å². The van der Waals surface area contributed by atoms with Gasteiger partial charge in [-0.2, -0.15) is 0 Å². The van der Waals surface area contributed by atoms with E-state index in [0.717, 1.165) is 38.2 Å². The van der Waals surface area contributed by atoms with Crippen LogP contribution in [0.4, 0.5) is 0 Å². The van der Waals surface area contributed by atoms with Crippen molar-refractivity contribution < 1.29 is 27.9 Å². The maximum atomic E-state index is 6.61. The van der Waals surface area contributed by atoms with Crippen molar-refractivity contribution in [2.75, 3.05) is 0 Å². The van der Waals surface area contributed by atoms with Crippen LogP contribution in [0.5, 0.6) is 0 Å². The molecule has 9 heteroatoms. The van der Waals surface area contributed by atoms with Gasteiger partial charge in [0.25, 0.3) is 0 Å². The summed E-state index contributed by atoms with van der Waals surface area (Å²) in [7, 11) is -0.572. The van der Waals surface area contributed by atoms with Gasteiger partial charge in [0.15, 0.2) is 0 Å². The van der Waals surface area contributed by atoms with Crippen LogP contribution in [0.15, 0.2) is 0 Å². The fourth-order valence-corrected chi connectivity index (χ4v) is 6.88. The summed E-state index contributed by atoms with van der Waals surface area (Å²) >= 11 is 0. The van der Waals surface area contributed by atoms with Crippen LogP contribution in [0, 0.1) is 0 Å². The second kappa shape index (κ2) is 17.8. The molecular formula is C30H57B3O6. The second-order valence-electron chi connectivity index (χ2n) is 12.6. The van der Waals surface area contributed by atoms with E-state index < -0.39 is 0 Å². The molecule has 4 rings (SSSR count). The molecule has 0 radical (unpaired) electrons. The highest BCUT2D eigenvalue weighted by atomic mass is 16.7. The lowest BCUT2D eigenvalue weighted by Gasteiger charge is -2.56. The summed E-state index contributed by atoms with van der Waals surface area (Å²) < 4.78 is 39.4. The van der Waals surface area contributed by atoms with Gasteiger partial charge < -0.3 is 27.9 Å². The Hall–Kier alpha value is -0.0452. The maximum Gasteiger partial charge on any atom is 0.457 e. The van der Waals surface area contributed by atoms with E-state index in [9.17, 15) is 0 Å². The predicted molar refractivity (Wildman–Crippen MR) is 161 cm³/mol. The van der Waals surface area contributed by atoms with Gasteiger partial charge in [0.1, 0.15) is 0 Å². The van der Waals surface area contributed by atoms with Crippen LogP contribution in [0.25, 0.3) is 0 Å². The Bertz CT molecular complexity index is 606. The molecule has 0 unspecified atom stereocenters. The minimum atomic E-state index is -0.200. The maximum absolute atomic E-state index is 6.61. The highest BCUT2D eigenvalue weighted by Crippen LogP contribution is 2.44. The monoisotopic (exact) mass is 546 g/mol. The molecule has 3 aliphatic heterocycles. The number of unbranched alkanes of at least 4 members (excludes halogenated alkanes) is 15. The van der Waals surface area contributed by atoms with Crippen LogP contribution in [0.3, 0.4) is 0 Å². The summed E-state index contributed by atoms with van der Waals surface area (Å²) in [5.41, 5.74) is 0. The summed E-state index contributed by atoms with van der Waals surface area (Å²) in [6.45, 7) is 6.80. The number of hydrogen-bond acceptors (Lipinski definition) is 6. The third-order valence-corrected chi connectivity index (χ3v) is 9.18. The smallest absolute Gasteiger partial charge is 0.403 e. The zero-order valence-corrected chi connectivity index (χ0v) is 25.5. The molecule has 0 aromatic rings.